The van der Waals surface area contributed by atoms with E-state index < -0.39 is 12.6 Å². The van der Waals surface area contributed by atoms with Crippen LogP contribution in [0.3, 0.4) is 0 Å². The SMILES string of the molecule is CN=C(NCCc1cccc(C(=O)NC)c1)NCCC(F)(F)F.I. The molecule has 0 saturated heterocycles. The van der Waals surface area contributed by atoms with Crippen LogP contribution in [0, 0.1) is 0 Å². The van der Waals surface area contributed by atoms with Gasteiger partial charge in [0.15, 0.2) is 5.96 Å². The molecule has 0 spiro atoms. The van der Waals surface area contributed by atoms with Gasteiger partial charge in [-0.05, 0) is 24.1 Å². The number of amides is 1. The molecule has 0 unspecified atom stereocenters. The van der Waals surface area contributed by atoms with Crippen LogP contribution in [0.5, 0.6) is 0 Å². The van der Waals surface area contributed by atoms with Crippen molar-refractivity contribution in [1.82, 2.24) is 16.0 Å². The quantitative estimate of drug-likeness (QED) is 0.349. The van der Waals surface area contributed by atoms with Crippen LogP contribution in [-0.2, 0) is 6.42 Å². The van der Waals surface area contributed by atoms with Gasteiger partial charge in [-0.3, -0.25) is 9.79 Å². The van der Waals surface area contributed by atoms with Gasteiger partial charge in [-0.15, -0.1) is 24.0 Å². The van der Waals surface area contributed by atoms with Crippen LogP contribution in [-0.4, -0.2) is 45.2 Å². The van der Waals surface area contributed by atoms with Gasteiger partial charge in [-0.25, -0.2) is 0 Å². The molecule has 136 valence electrons. The van der Waals surface area contributed by atoms with Gasteiger partial charge in [0, 0.05) is 32.7 Å². The van der Waals surface area contributed by atoms with Gasteiger partial charge in [0.25, 0.3) is 5.91 Å². The van der Waals surface area contributed by atoms with Crippen LogP contribution in [0.15, 0.2) is 29.3 Å². The van der Waals surface area contributed by atoms with Crippen LogP contribution in [0.1, 0.15) is 22.3 Å². The van der Waals surface area contributed by atoms with Crippen LogP contribution in [0.4, 0.5) is 13.2 Å². The van der Waals surface area contributed by atoms with Crippen molar-refractivity contribution < 1.29 is 18.0 Å². The molecule has 0 aliphatic carbocycles. The smallest absolute Gasteiger partial charge is 0.356 e. The lowest BCUT2D eigenvalue weighted by Gasteiger charge is -2.13. The summed E-state index contributed by atoms with van der Waals surface area (Å²) in [4.78, 5) is 15.4. The number of hydrogen-bond acceptors (Lipinski definition) is 2. The Bertz CT molecular complexity index is 550. The number of benzene rings is 1. The number of alkyl halides is 3. The lowest BCUT2D eigenvalue weighted by atomic mass is 10.1. The van der Waals surface area contributed by atoms with Crippen molar-refractivity contribution >= 4 is 35.8 Å². The molecule has 5 nitrogen and oxygen atoms in total. The Kier molecular flexibility index (Phi) is 10.4. The molecule has 0 saturated carbocycles. The molecule has 0 aromatic heterocycles. The third kappa shape index (κ3) is 8.94. The van der Waals surface area contributed by atoms with Crippen molar-refractivity contribution in [2.24, 2.45) is 4.99 Å². The highest BCUT2D eigenvalue weighted by atomic mass is 127. The van der Waals surface area contributed by atoms with Gasteiger partial charge in [0.2, 0.25) is 0 Å². The van der Waals surface area contributed by atoms with E-state index in [9.17, 15) is 18.0 Å². The predicted molar refractivity (Wildman–Crippen MR) is 99.0 cm³/mol. The number of nitrogens with zero attached hydrogens (tertiary/aromatic N) is 1. The maximum atomic E-state index is 12.1. The van der Waals surface area contributed by atoms with Gasteiger partial charge in [-0.1, -0.05) is 12.1 Å². The average molecular weight is 458 g/mol. The molecule has 0 heterocycles. The largest absolute Gasteiger partial charge is 0.390 e. The summed E-state index contributed by atoms with van der Waals surface area (Å²) in [5.74, 6) is 0.154. The number of carbonyl (C=O) groups is 1. The van der Waals surface area contributed by atoms with Gasteiger partial charge in [0.05, 0.1) is 6.42 Å². The van der Waals surface area contributed by atoms with Crippen molar-refractivity contribution in [1.29, 1.82) is 0 Å². The van der Waals surface area contributed by atoms with Gasteiger partial charge >= 0.3 is 6.18 Å². The molecule has 0 bridgehead atoms. The van der Waals surface area contributed by atoms with Crippen LogP contribution < -0.4 is 16.0 Å². The fourth-order valence-corrected chi connectivity index (χ4v) is 1.88. The van der Waals surface area contributed by atoms with Gasteiger partial charge in [-0.2, -0.15) is 13.2 Å². The summed E-state index contributed by atoms with van der Waals surface area (Å²) in [5, 5.41) is 8.10. The van der Waals surface area contributed by atoms with Crippen molar-refractivity contribution in [3.8, 4) is 0 Å². The number of carbonyl (C=O) groups excluding carboxylic acids is 1. The molecule has 1 aromatic rings. The highest BCUT2D eigenvalue weighted by Gasteiger charge is 2.26. The van der Waals surface area contributed by atoms with E-state index >= 15 is 0 Å². The number of aliphatic imine (C=N–C) groups is 1. The number of nitrogens with one attached hydrogen (secondary N) is 3. The van der Waals surface area contributed by atoms with Crippen molar-refractivity contribution in [3.05, 3.63) is 35.4 Å². The molecule has 0 aliphatic heterocycles. The lowest BCUT2D eigenvalue weighted by molar-refractivity contribution is -0.132. The summed E-state index contributed by atoms with van der Waals surface area (Å²) >= 11 is 0. The topological polar surface area (TPSA) is 65.5 Å². The second-order valence-electron chi connectivity index (χ2n) is 4.82. The molecule has 1 rings (SSSR count). The molecule has 24 heavy (non-hydrogen) atoms. The Hall–Kier alpha value is -1.52. The van der Waals surface area contributed by atoms with Crippen molar-refractivity contribution in [3.63, 3.8) is 0 Å². The molecular formula is C15H22F3IN4O. The molecular weight excluding hydrogens is 436 g/mol. The van der Waals surface area contributed by atoms with Crippen LogP contribution >= 0.6 is 24.0 Å². The summed E-state index contributed by atoms with van der Waals surface area (Å²) in [6.45, 7) is 0.262. The first kappa shape index (κ1) is 22.5. The van der Waals surface area contributed by atoms with E-state index in [1.54, 1.807) is 25.2 Å². The van der Waals surface area contributed by atoms with E-state index in [4.69, 9.17) is 0 Å². The molecule has 0 aliphatic rings. The molecule has 1 amide bonds. The molecule has 3 N–H and O–H groups in total. The third-order valence-corrected chi connectivity index (χ3v) is 3.05. The van der Waals surface area contributed by atoms with E-state index in [0.717, 1.165) is 5.56 Å². The van der Waals surface area contributed by atoms with E-state index in [-0.39, 0.29) is 36.4 Å². The van der Waals surface area contributed by atoms with Crippen LogP contribution in [0.2, 0.25) is 0 Å². The molecule has 9 heteroatoms. The molecule has 0 fully saturated rings. The Morgan fingerprint density at radius 2 is 1.88 bits per heavy atom. The van der Waals surface area contributed by atoms with E-state index in [1.165, 1.54) is 7.05 Å². The zero-order valence-corrected chi connectivity index (χ0v) is 15.9. The number of guanidine groups is 1. The second kappa shape index (κ2) is 11.1. The first-order valence-corrected chi connectivity index (χ1v) is 7.18. The monoisotopic (exact) mass is 458 g/mol. The first-order valence-electron chi connectivity index (χ1n) is 7.18. The van der Waals surface area contributed by atoms with Gasteiger partial charge in [0.1, 0.15) is 0 Å². The molecule has 0 radical (unpaired) electrons. The Labute approximate surface area is 156 Å². The summed E-state index contributed by atoms with van der Waals surface area (Å²) in [5.41, 5.74) is 1.52. The maximum absolute atomic E-state index is 12.1. The minimum Gasteiger partial charge on any atom is -0.356 e. The summed E-state index contributed by atoms with van der Waals surface area (Å²) < 4.78 is 36.2. The van der Waals surface area contributed by atoms with E-state index in [0.29, 0.717) is 24.5 Å². The van der Waals surface area contributed by atoms with Crippen molar-refractivity contribution in [2.45, 2.75) is 19.0 Å². The third-order valence-electron chi connectivity index (χ3n) is 3.05. The number of rotatable bonds is 6. The Balaban J connectivity index is 0.00000529. The highest BCUT2D eigenvalue weighted by Crippen LogP contribution is 2.18. The zero-order valence-electron chi connectivity index (χ0n) is 13.5. The lowest BCUT2D eigenvalue weighted by Crippen LogP contribution is -2.39. The standard InChI is InChI=1S/C15H21F3N4O.HI/c1-19-13(23)12-5-3-4-11(10-12)6-8-21-14(20-2)22-9-7-15(16,17)18;/h3-5,10H,6-9H2,1-2H3,(H,19,23)(H2,20,21,22);1H. The summed E-state index contributed by atoms with van der Waals surface area (Å²) in [7, 11) is 3.06. The summed E-state index contributed by atoms with van der Waals surface area (Å²) in [6, 6.07) is 7.16. The minimum atomic E-state index is -4.19. The summed E-state index contributed by atoms with van der Waals surface area (Å²) in [6.07, 6.45) is -4.49. The normalized spacial score (nSPS) is 11.5. The van der Waals surface area contributed by atoms with Gasteiger partial charge < -0.3 is 16.0 Å². The Morgan fingerprint density at radius 1 is 1.21 bits per heavy atom. The van der Waals surface area contributed by atoms with Crippen LogP contribution in [0.25, 0.3) is 0 Å². The van der Waals surface area contributed by atoms with E-state index in [2.05, 4.69) is 20.9 Å². The average Bonchev–Trinajstić information content (AvgIpc) is 2.51. The molecule has 1 aromatic carbocycles. The number of hydrogen-bond donors (Lipinski definition) is 3. The fourth-order valence-electron chi connectivity index (χ4n) is 1.88. The second-order valence-corrected chi connectivity index (χ2v) is 4.82. The zero-order chi connectivity index (χ0) is 17.3. The first-order chi connectivity index (χ1) is 10.9. The Morgan fingerprint density at radius 3 is 2.46 bits per heavy atom. The fraction of sp³-hybridized carbons (Fsp3) is 0.467. The minimum absolute atomic E-state index is 0. The predicted octanol–water partition coefficient (Wildman–Crippen LogP) is 2.32. The highest BCUT2D eigenvalue weighted by molar-refractivity contribution is 14.0. The maximum Gasteiger partial charge on any atom is 0.390 e. The van der Waals surface area contributed by atoms with Crippen molar-refractivity contribution in [2.75, 3.05) is 27.2 Å². The molecule has 0 atom stereocenters. The van der Waals surface area contributed by atoms with E-state index in [1.807, 2.05) is 6.07 Å². The number of halogens is 4.